The average Bonchev–Trinajstić information content (AvgIpc) is 2.82. The van der Waals surface area contributed by atoms with E-state index in [0.717, 1.165) is 0 Å². The van der Waals surface area contributed by atoms with Crippen LogP contribution < -0.4 is 5.32 Å². The number of carbonyl (C=O) groups excluding carboxylic acids is 2. The number of hydrogen-bond donors (Lipinski definition) is 1. The smallest absolute Gasteiger partial charge is 0.460 e. The minimum absolute atomic E-state index is 0.00503. The maximum atomic E-state index is 12.1. The summed E-state index contributed by atoms with van der Waals surface area (Å²) in [6.07, 6.45) is 1.85. The monoisotopic (exact) mass is 531 g/mol. The van der Waals surface area contributed by atoms with Crippen LogP contribution in [0.5, 0.6) is 0 Å². The number of unbranched alkanes of at least 4 members (excludes halogenated alkanes) is 1. The van der Waals surface area contributed by atoms with Crippen LogP contribution in [0.25, 0.3) is 0 Å². The van der Waals surface area contributed by atoms with E-state index in [-0.39, 0.29) is 23.8 Å². The predicted octanol–water partition coefficient (Wildman–Crippen LogP) is 3.17. The van der Waals surface area contributed by atoms with Gasteiger partial charge in [-0.15, -0.1) is 0 Å². The van der Waals surface area contributed by atoms with E-state index in [1.54, 1.807) is 6.07 Å². The van der Waals surface area contributed by atoms with Gasteiger partial charge in [-0.2, -0.15) is 8.42 Å². The van der Waals surface area contributed by atoms with Gasteiger partial charge in [0.05, 0.1) is 6.61 Å². The summed E-state index contributed by atoms with van der Waals surface area (Å²) in [5.41, 5.74) is 0. The Hall–Kier alpha value is -2.25. The number of esters is 1. The SMILES string of the molecule is C=C(OS(=O)(=O)c1ccccc1)C(=O)OCCCCC(=O)NCCC[Si](OCC)(OCC)OCC. The molecule has 0 unspecified atom stereocenters. The zero-order valence-electron chi connectivity index (χ0n) is 20.7. The summed E-state index contributed by atoms with van der Waals surface area (Å²) in [6, 6.07) is 8.02. The predicted molar refractivity (Wildman–Crippen MR) is 132 cm³/mol. The van der Waals surface area contributed by atoms with Crippen LogP contribution in [-0.2, 0) is 41.9 Å². The zero-order chi connectivity index (χ0) is 26.2. The number of rotatable bonds is 19. The summed E-state index contributed by atoms with van der Waals surface area (Å²) >= 11 is 0. The van der Waals surface area contributed by atoms with Gasteiger partial charge in [0.15, 0.2) is 0 Å². The van der Waals surface area contributed by atoms with Gasteiger partial charge in [-0.05, 0) is 58.7 Å². The number of hydrogen-bond acceptors (Lipinski definition) is 9. The molecule has 0 aliphatic heterocycles. The molecular formula is C23H37NO9SSi. The lowest BCUT2D eigenvalue weighted by Crippen LogP contribution is -2.46. The number of benzene rings is 1. The third-order valence-electron chi connectivity index (χ3n) is 4.58. The number of amides is 1. The highest BCUT2D eigenvalue weighted by Crippen LogP contribution is 2.18. The molecule has 0 saturated carbocycles. The molecule has 1 N–H and O–H groups in total. The maximum absolute atomic E-state index is 12.1. The van der Waals surface area contributed by atoms with Gasteiger partial charge < -0.3 is 27.5 Å². The van der Waals surface area contributed by atoms with Crippen molar-refractivity contribution in [3.63, 3.8) is 0 Å². The first-order valence-electron chi connectivity index (χ1n) is 11.7. The first-order chi connectivity index (χ1) is 16.7. The van der Waals surface area contributed by atoms with Crippen molar-refractivity contribution in [3.05, 3.63) is 42.7 Å². The van der Waals surface area contributed by atoms with Gasteiger partial charge in [-0.1, -0.05) is 18.2 Å². The second-order valence-electron chi connectivity index (χ2n) is 7.30. The summed E-state index contributed by atoms with van der Waals surface area (Å²) in [6.45, 7) is 11.0. The highest BCUT2D eigenvalue weighted by atomic mass is 32.2. The van der Waals surface area contributed by atoms with E-state index in [1.807, 2.05) is 20.8 Å². The Morgan fingerprint density at radius 1 is 0.943 bits per heavy atom. The number of ether oxygens (including phenoxy) is 1. The summed E-state index contributed by atoms with van der Waals surface area (Å²) < 4.78 is 51.3. The van der Waals surface area contributed by atoms with Crippen molar-refractivity contribution < 1.29 is 40.2 Å². The van der Waals surface area contributed by atoms with Gasteiger partial charge in [0.25, 0.3) is 0 Å². The fraction of sp³-hybridized carbons (Fsp3) is 0.565. The van der Waals surface area contributed by atoms with Crippen molar-refractivity contribution in [3.8, 4) is 0 Å². The first kappa shape index (κ1) is 30.8. The van der Waals surface area contributed by atoms with E-state index < -0.39 is 30.7 Å². The maximum Gasteiger partial charge on any atom is 0.500 e. The van der Waals surface area contributed by atoms with Crippen molar-refractivity contribution in [1.29, 1.82) is 0 Å². The van der Waals surface area contributed by atoms with Crippen LogP contribution in [0.3, 0.4) is 0 Å². The van der Waals surface area contributed by atoms with Gasteiger partial charge in [-0.3, -0.25) is 4.79 Å². The van der Waals surface area contributed by atoms with Crippen LogP contribution in [0.2, 0.25) is 6.04 Å². The third-order valence-corrected chi connectivity index (χ3v) is 9.00. The number of nitrogens with one attached hydrogen (secondary N) is 1. The van der Waals surface area contributed by atoms with Crippen LogP contribution in [0.1, 0.15) is 46.5 Å². The zero-order valence-corrected chi connectivity index (χ0v) is 22.6. The molecule has 0 saturated heterocycles. The molecular weight excluding hydrogens is 494 g/mol. The molecule has 198 valence electrons. The lowest BCUT2D eigenvalue weighted by molar-refractivity contribution is -0.141. The van der Waals surface area contributed by atoms with E-state index in [2.05, 4.69) is 11.9 Å². The van der Waals surface area contributed by atoms with Crippen molar-refractivity contribution in [2.45, 2.75) is 57.4 Å². The van der Waals surface area contributed by atoms with Gasteiger partial charge in [-0.25, -0.2) is 4.79 Å². The Morgan fingerprint density at radius 2 is 1.54 bits per heavy atom. The molecule has 0 heterocycles. The summed E-state index contributed by atoms with van der Waals surface area (Å²) in [7, 11) is -6.87. The Morgan fingerprint density at radius 3 is 2.11 bits per heavy atom. The Balaban J connectivity index is 2.25. The largest absolute Gasteiger partial charge is 0.500 e. The van der Waals surface area contributed by atoms with Crippen LogP contribution >= 0.6 is 0 Å². The van der Waals surface area contributed by atoms with Gasteiger partial charge in [0.2, 0.25) is 11.7 Å². The van der Waals surface area contributed by atoms with Crippen molar-refractivity contribution >= 4 is 30.8 Å². The molecule has 0 aliphatic rings. The van der Waals surface area contributed by atoms with E-state index in [1.165, 1.54) is 24.3 Å². The molecule has 10 nitrogen and oxygen atoms in total. The molecule has 0 bridgehead atoms. The molecule has 12 heteroatoms. The van der Waals surface area contributed by atoms with E-state index in [0.29, 0.717) is 51.7 Å². The first-order valence-corrected chi connectivity index (χ1v) is 15.1. The molecule has 1 amide bonds. The van der Waals surface area contributed by atoms with Crippen LogP contribution in [0, 0.1) is 0 Å². The lowest BCUT2D eigenvalue weighted by atomic mass is 10.2. The Labute approximate surface area is 209 Å². The molecule has 35 heavy (non-hydrogen) atoms. The molecule has 0 fully saturated rings. The van der Waals surface area contributed by atoms with E-state index >= 15 is 0 Å². The number of carbonyl (C=O) groups is 2. The standard InChI is InChI=1S/C23H37NO9SSi/c1-5-30-35(31-6-2,32-7-3)19-13-17-24-22(25)16-11-12-18-29-23(26)20(4)33-34(27,28)21-14-9-8-10-15-21/h8-10,14-15H,4-7,11-13,16-19H2,1-3H3,(H,24,25). The fourth-order valence-corrected chi connectivity index (χ4v) is 6.59. The average molecular weight is 532 g/mol. The van der Waals surface area contributed by atoms with E-state index in [4.69, 9.17) is 22.2 Å². The quantitative estimate of drug-likeness (QED) is 0.0715. The van der Waals surface area contributed by atoms with Crippen LogP contribution in [0.4, 0.5) is 0 Å². The summed E-state index contributed by atoms with van der Waals surface area (Å²) in [5.74, 6) is -1.72. The van der Waals surface area contributed by atoms with Crippen molar-refractivity contribution in [1.82, 2.24) is 5.32 Å². The molecule has 0 aliphatic carbocycles. The van der Waals surface area contributed by atoms with E-state index in [9.17, 15) is 18.0 Å². The second kappa shape index (κ2) is 16.4. The summed E-state index contributed by atoms with van der Waals surface area (Å²) in [4.78, 5) is 23.9. The molecule has 1 aromatic carbocycles. The highest BCUT2D eigenvalue weighted by molar-refractivity contribution is 7.86. The summed E-state index contributed by atoms with van der Waals surface area (Å²) in [5, 5.41) is 2.85. The third kappa shape index (κ3) is 11.8. The molecule has 0 radical (unpaired) electrons. The fourth-order valence-electron chi connectivity index (χ4n) is 3.06. The molecule has 0 atom stereocenters. The van der Waals surface area contributed by atoms with Crippen molar-refractivity contribution in [2.75, 3.05) is 33.0 Å². The molecule has 1 aromatic rings. The molecule has 0 aromatic heterocycles. The minimum atomic E-state index is -4.16. The topological polar surface area (TPSA) is 126 Å². The molecule has 0 spiro atoms. The lowest BCUT2D eigenvalue weighted by Gasteiger charge is -2.28. The molecule has 1 rings (SSSR count). The van der Waals surface area contributed by atoms with Crippen molar-refractivity contribution in [2.24, 2.45) is 0 Å². The van der Waals surface area contributed by atoms with Gasteiger partial charge >= 0.3 is 24.9 Å². The Kier molecular flexibility index (Phi) is 14.4. The van der Waals surface area contributed by atoms with Gasteiger partial charge in [0.1, 0.15) is 4.90 Å². The van der Waals surface area contributed by atoms with Crippen LogP contribution in [0.15, 0.2) is 47.6 Å². The Bertz CT molecular complexity index is 876. The highest BCUT2D eigenvalue weighted by Gasteiger charge is 2.39. The van der Waals surface area contributed by atoms with Crippen LogP contribution in [-0.4, -0.2) is 62.1 Å². The van der Waals surface area contributed by atoms with Gasteiger partial charge in [0, 0.05) is 38.8 Å². The minimum Gasteiger partial charge on any atom is -0.460 e. The second-order valence-corrected chi connectivity index (χ2v) is 11.6. The normalized spacial score (nSPS) is 11.6.